The maximum absolute atomic E-state index is 14.1. The molecule has 2 aromatic rings. The molecule has 2 rings (SSSR count). The summed E-state index contributed by atoms with van der Waals surface area (Å²) in [6.45, 7) is 2.61. The lowest BCUT2D eigenvalue weighted by molar-refractivity contribution is 0.0953. The first-order valence-electron chi connectivity index (χ1n) is 8.36. The lowest BCUT2D eigenvalue weighted by Gasteiger charge is -2.17. The van der Waals surface area contributed by atoms with Crippen LogP contribution in [-0.4, -0.2) is 54.3 Å². The van der Waals surface area contributed by atoms with E-state index in [1.54, 1.807) is 14.0 Å². The van der Waals surface area contributed by atoms with E-state index in [9.17, 15) is 22.0 Å². The van der Waals surface area contributed by atoms with E-state index in [1.165, 1.54) is 21.3 Å². The van der Waals surface area contributed by atoms with Gasteiger partial charge in [-0.1, -0.05) is 6.92 Å². The van der Waals surface area contributed by atoms with Gasteiger partial charge in [-0.05, 0) is 18.6 Å². The minimum absolute atomic E-state index is 0.0244. The van der Waals surface area contributed by atoms with E-state index in [2.05, 4.69) is 10.4 Å². The van der Waals surface area contributed by atoms with Gasteiger partial charge in [0.05, 0.1) is 11.8 Å². The summed E-state index contributed by atoms with van der Waals surface area (Å²) in [7, 11) is -1.69. The van der Waals surface area contributed by atoms with E-state index < -0.39 is 27.6 Å². The summed E-state index contributed by atoms with van der Waals surface area (Å²) in [4.78, 5) is 12.4. The molecule has 1 heterocycles. The number of nitrogens with one attached hydrogen (secondary N) is 1. The van der Waals surface area contributed by atoms with Crippen molar-refractivity contribution in [1.82, 2.24) is 19.4 Å². The minimum Gasteiger partial charge on any atom is -0.352 e. The molecule has 0 saturated heterocycles. The molecular weight excluding hydrogens is 378 g/mol. The molecule has 0 unspecified atom stereocenters. The van der Waals surface area contributed by atoms with Crippen LogP contribution >= 0.6 is 0 Å². The van der Waals surface area contributed by atoms with Crippen LogP contribution < -0.4 is 5.32 Å². The van der Waals surface area contributed by atoms with Crippen LogP contribution in [0.25, 0.3) is 11.3 Å². The molecule has 0 saturated carbocycles. The standard InChI is InChI=1S/C17H22F2N4O3S/c1-4-23(27(3,25)26)9-5-8-20-17(24)14-11-22(2)21-16(14)13-7-6-12(18)10-15(13)19/h6-7,10-11H,4-5,8-9H2,1-3H3,(H,20,24). The van der Waals surface area contributed by atoms with Gasteiger partial charge in [-0.2, -0.15) is 5.10 Å². The summed E-state index contributed by atoms with van der Waals surface area (Å²) in [5.74, 6) is -2.00. The quantitative estimate of drug-likeness (QED) is 0.685. The Bertz CT molecular complexity index is 928. The number of aryl methyl sites for hydroxylation is 1. The zero-order valence-electron chi connectivity index (χ0n) is 15.4. The van der Waals surface area contributed by atoms with Crippen LogP contribution in [-0.2, 0) is 17.1 Å². The van der Waals surface area contributed by atoms with Gasteiger partial charge in [-0.3, -0.25) is 9.48 Å². The molecule has 27 heavy (non-hydrogen) atoms. The fourth-order valence-corrected chi connectivity index (χ4v) is 3.58. The molecule has 0 radical (unpaired) electrons. The fourth-order valence-electron chi connectivity index (χ4n) is 2.65. The molecule has 0 bridgehead atoms. The second-order valence-electron chi connectivity index (χ2n) is 6.05. The van der Waals surface area contributed by atoms with Gasteiger partial charge in [0, 0.05) is 44.5 Å². The van der Waals surface area contributed by atoms with Crippen molar-refractivity contribution in [2.45, 2.75) is 13.3 Å². The number of aromatic nitrogens is 2. The molecule has 0 aliphatic heterocycles. The maximum Gasteiger partial charge on any atom is 0.255 e. The molecular formula is C17H22F2N4O3S. The summed E-state index contributed by atoms with van der Waals surface area (Å²) < 4.78 is 52.9. The molecule has 1 aromatic heterocycles. The van der Waals surface area contributed by atoms with Gasteiger partial charge in [0.2, 0.25) is 10.0 Å². The summed E-state index contributed by atoms with van der Waals surface area (Å²) in [5.41, 5.74) is 0.286. The lowest BCUT2D eigenvalue weighted by atomic mass is 10.1. The van der Waals surface area contributed by atoms with E-state index >= 15 is 0 Å². The Morgan fingerprint density at radius 2 is 2.04 bits per heavy atom. The molecule has 0 aliphatic rings. The first-order chi connectivity index (χ1) is 12.6. The molecule has 1 N–H and O–H groups in total. The number of halogens is 2. The Labute approximate surface area is 157 Å². The Morgan fingerprint density at radius 1 is 1.33 bits per heavy atom. The predicted molar refractivity (Wildman–Crippen MR) is 97.6 cm³/mol. The number of hydrogen-bond acceptors (Lipinski definition) is 4. The lowest BCUT2D eigenvalue weighted by Crippen LogP contribution is -2.33. The second-order valence-corrected chi connectivity index (χ2v) is 8.04. The number of rotatable bonds is 8. The topological polar surface area (TPSA) is 84.3 Å². The van der Waals surface area contributed by atoms with Crippen molar-refractivity contribution in [3.63, 3.8) is 0 Å². The van der Waals surface area contributed by atoms with Crippen LogP contribution in [0.3, 0.4) is 0 Å². The van der Waals surface area contributed by atoms with E-state index in [0.29, 0.717) is 13.0 Å². The number of amides is 1. The molecule has 10 heteroatoms. The van der Waals surface area contributed by atoms with E-state index in [4.69, 9.17) is 0 Å². The van der Waals surface area contributed by atoms with Crippen molar-refractivity contribution >= 4 is 15.9 Å². The van der Waals surface area contributed by atoms with Crippen molar-refractivity contribution in [1.29, 1.82) is 0 Å². The number of nitrogens with zero attached hydrogens (tertiary/aromatic N) is 3. The molecule has 0 spiro atoms. The highest BCUT2D eigenvalue weighted by molar-refractivity contribution is 7.88. The largest absolute Gasteiger partial charge is 0.352 e. The van der Waals surface area contributed by atoms with Crippen LogP contribution in [0.15, 0.2) is 24.4 Å². The van der Waals surface area contributed by atoms with Crippen molar-refractivity contribution in [2.75, 3.05) is 25.9 Å². The summed E-state index contributed by atoms with van der Waals surface area (Å²) in [5, 5.41) is 6.77. The van der Waals surface area contributed by atoms with Gasteiger partial charge in [0.15, 0.2) is 0 Å². The zero-order chi connectivity index (χ0) is 20.2. The molecule has 1 aromatic carbocycles. The summed E-state index contributed by atoms with van der Waals surface area (Å²) in [6.07, 6.45) is 3.00. The highest BCUT2D eigenvalue weighted by Gasteiger charge is 2.20. The number of hydrogen-bond donors (Lipinski definition) is 1. The minimum atomic E-state index is -3.28. The van der Waals surface area contributed by atoms with Gasteiger partial charge in [0.1, 0.15) is 17.3 Å². The SMILES string of the molecule is CCN(CCCNC(=O)c1cn(C)nc1-c1ccc(F)cc1F)S(C)(=O)=O. The molecule has 1 amide bonds. The van der Waals surface area contributed by atoms with E-state index in [0.717, 1.165) is 18.4 Å². The highest BCUT2D eigenvalue weighted by atomic mass is 32.2. The molecule has 148 valence electrons. The van der Waals surface area contributed by atoms with Crippen LogP contribution in [0, 0.1) is 11.6 Å². The molecule has 7 nitrogen and oxygen atoms in total. The fraction of sp³-hybridized carbons (Fsp3) is 0.412. The van der Waals surface area contributed by atoms with Gasteiger partial charge in [0.25, 0.3) is 5.91 Å². The molecule has 0 atom stereocenters. The van der Waals surface area contributed by atoms with Crippen molar-refractivity contribution < 1.29 is 22.0 Å². The monoisotopic (exact) mass is 400 g/mol. The smallest absolute Gasteiger partial charge is 0.255 e. The third-order valence-corrected chi connectivity index (χ3v) is 5.33. The number of carbonyl (C=O) groups excluding carboxylic acids is 1. The van der Waals surface area contributed by atoms with Gasteiger partial charge < -0.3 is 5.32 Å². The van der Waals surface area contributed by atoms with E-state index in [-0.39, 0.29) is 29.9 Å². The average molecular weight is 400 g/mol. The van der Waals surface area contributed by atoms with Gasteiger partial charge in [-0.25, -0.2) is 21.5 Å². The average Bonchev–Trinajstić information content (AvgIpc) is 2.95. The van der Waals surface area contributed by atoms with Crippen LogP contribution in [0.2, 0.25) is 0 Å². The van der Waals surface area contributed by atoms with Crippen LogP contribution in [0.4, 0.5) is 8.78 Å². The second kappa shape index (κ2) is 8.57. The Hall–Kier alpha value is -2.33. The Kier molecular flexibility index (Phi) is 6.66. The number of sulfonamides is 1. The maximum atomic E-state index is 14.1. The van der Waals surface area contributed by atoms with E-state index in [1.807, 2.05) is 0 Å². The van der Waals surface area contributed by atoms with Crippen LogP contribution in [0.1, 0.15) is 23.7 Å². The van der Waals surface area contributed by atoms with Gasteiger partial charge in [-0.15, -0.1) is 0 Å². The zero-order valence-corrected chi connectivity index (χ0v) is 16.2. The Balaban J connectivity index is 2.07. The van der Waals surface area contributed by atoms with Crippen molar-refractivity contribution in [3.05, 3.63) is 41.6 Å². The number of benzene rings is 1. The third kappa shape index (κ3) is 5.33. The summed E-state index contributed by atoms with van der Waals surface area (Å²) in [6, 6.07) is 3.06. The summed E-state index contributed by atoms with van der Waals surface area (Å²) >= 11 is 0. The number of carbonyl (C=O) groups is 1. The Morgan fingerprint density at radius 3 is 2.63 bits per heavy atom. The highest BCUT2D eigenvalue weighted by Crippen LogP contribution is 2.25. The van der Waals surface area contributed by atoms with Crippen LogP contribution in [0.5, 0.6) is 0 Å². The van der Waals surface area contributed by atoms with Crippen molar-refractivity contribution in [3.8, 4) is 11.3 Å². The first-order valence-corrected chi connectivity index (χ1v) is 10.2. The molecule has 0 aliphatic carbocycles. The molecule has 0 fully saturated rings. The van der Waals surface area contributed by atoms with Crippen molar-refractivity contribution in [2.24, 2.45) is 7.05 Å². The first kappa shape index (κ1) is 21.0. The predicted octanol–water partition coefficient (Wildman–Crippen LogP) is 1.77. The normalized spacial score (nSPS) is 11.8. The van der Waals surface area contributed by atoms with Gasteiger partial charge >= 0.3 is 0 Å². The third-order valence-electron chi connectivity index (χ3n) is 3.95.